The zero-order valence-electron chi connectivity index (χ0n) is 11.9. The van der Waals surface area contributed by atoms with Gasteiger partial charge in [-0.05, 0) is 30.9 Å². The summed E-state index contributed by atoms with van der Waals surface area (Å²) >= 11 is 0. The molecule has 0 bridgehead atoms. The number of hydrogen-bond donors (Lipinski definition) is 1. The van der Waals surface area contributed by atoms with Crippen LogP contribution in [0.2, 0.25) is 0 Å². The molecule has 1 aromatic heterocycles. The van der Waals surface area contributed by atoms with Crippen LogP contribution >= 0.6 is 0 Å². The number of nitrogens with zero attached hydrogens (tertiary/aromatic N) is 1. The van der Waals surface area contributed by atoms with Crippen LogP contribution in [0.15, 0.2) is 23.2 Å². The van der Waals surface area contributed by atoms with E-state index in [1.807, 2.05) is 6.92 Å². The summed E-state index contributed by atoms with van der Waals surface area (Å²) in [5, 5.41) is 0. The Labute approximate surface area is 122 Å². The third-order valence-electron chi connectivity index (χ3n) is 3.29. The average Bonchev–Trinajstić information content (AvgIpc) is 3.26. The van der Waals surface area contributed by atoms with E-state index in [2.05, 4.69) is 28.4 Å². The molecule has 1 aromatic rings. The first kappa shape index (κ1) is 13.5. The summed E-state index contributed by atoms with van der Waals surface area (Å²) in [4.78, 5) is 18.9. The van der Waals surface area contributed by atoms with Crippen LogP contribution in [-0.4, -0.2) is 16.6 Å². The van der Waals surface area contributed by atoms with E-state index < -0.39 is 0 Å². The lowest BCUT2D eigenvalue weighted by molar-refractivity contribution is 0.326. The molecule has 5 heteroatoms. The van der Waals surface area contributed by atoms with E-state index in [-0.39, 0.29) is 24.1 Å². The smallest absolute Gasteiger partial charge is 0.300 e. The van der Waals surface area contributed by atoms with E-state index in [9.17, 15) is 4.79 Å². The van der Waals surface area contributed by atoms with Crippen molar-refractivity contribution in [1.82, 2.24) is 9.97 Å². The number of ether oxygens (including phenoxy) is 2. The third kappa shape index (κ3) is 3.00. The highest BCUT2D eigenvalue weighted by Crippen LogP contribution is 2.31. The van der Waals surface area contributed by atoms with Crippen LogP contribution < -0.4 is 15.0 Å². The summed E-state index contributed by atoms with van der Waals surface area (Å²) in [5.41, 5.74) is 1.03. The Bertz CT molecular complexity index is 730. The van der Waals surface area contributed by atoms with Crippen LogP contribution in [0, 0.1) is 17.8 Å². The maximum absolute atomic E-state index is 12.1. The minimum absolute atomic E-state index is 0.119. The molecule has 1 aliphatic carbocycles. The van der Waals surface area contributed by atoms with Crippen LogP contribution in [0.3, 0.4) is 0 Å². The van der Waals surface area contributed by atoms with E-state index >= 15 is 0 Å². The highest BCUT2D eigenvalue weighted by Gasteiger charge is 2.21. The largest absolute Gasteiger partial charge is 0.451 e. The molecule has 0 atom stereocenters. The minimum atomic E-state index is -0.272. The van der Waals surface area contributed by atoms with E-state index in [0.717, 1.165) is 5.57 Å². The molecule has 1 N–H and O–H groups in total. The predicted molar refractivity (Wildman–Crippen MR) is 78.9 cm³/mol. The second-order valence-corrected chi connectivity index (χ2v) is 5.03. The lowest BCUT2D eigenvalue weighted by Crippen LogP contribution is -2.19. The summed E-state index contributed by atoms with van der Waals surface area (Å²) in [5.74, 6) is 7.23. The van der Waals surface area contributed by atoms with Crippen molar-refractivity contribution < 1.29 is 9.47 Å². The van der Waals surface area contributed by atoms with E-state index in [0.29, 0.717) is 23.7 Å². The van der Waals surface area contributed by atoms with Crippen molar-refractivity contribution in [2.45, 2.75) is 26.2 Å². The van der Waals surface area contributed by atoms with Gasteiger partial charge in [0.1, 0.15) is 11.3 Å². The van der Waals surface area contributed by atoms with Gasteiger partial charge >= 0.3 is 6.01 Å². The molecule has 0 aromatic carbocycles. The number of nitrogens with one attached hydrogen (secondary N) is 1. The van der Waals surface area contributed by atoms with Gasteiger partial charge in [0.05, 0.1) is 0 Å². The number of hydrogen-bond acceptors (Lipinski definition) is 4. The van der Waals surface area contributed by atoms with Gasteiger partial charge in [-0.2, -0.15) is 4.98 Å². The fourth-order valence-corrected chi connectivity index (χ4v) is 2.08. The Morgan fingerprint density at radius 1 is 1.57 bits per heavy atom. The monoisotopic (exact) mass is 284 g/mol. The van der Waals surface area contributed by atoms with Crippen LogP contribution in [0.4, 0.5) is 0 Å². The predicted octanol–water partition coefficient (Wildman–Crippen LogP) is 2.26. The zero-order valence-corrected chi connectivity index (χ0v) is 11.9. The molecule has 1 saturated carbocycles. The van der Waals surface area contributed by atoms with Crippen molar-refractivity contribution in [1.29, 1.82) is 0 Å². The topological polar surface area (TPSA) is 64.2 Å². The van der Waals surface area contributed by atoms with Crippen LogP contribution in [0.5, 0.6) is 11.9 Å². The Morgan fingerprint density at radius 3 is 3.10 bits per heavy atom. The summed E-state index contributed by atoms with van der Waals surface area (Å²) < 4.78 is 10.8. The molecule has 0 amide bonds. The van der Waals surface area contributed by atoms with Gasteiger partial charge in [-0.25, -0.2) is 0 Å². The minimum Gasteiger partial charge on any atom is -0.451 e. The maximum Gasteiger partial charge on any atom is 0.300 e. The van der Waals surface area contributed by atoms with Crippen molar-refractivity contribution in [2.75, 3.05) is 6.61 Å². The molecular formula is C16H16N2O3. The van der Waals surface area contributed by atoms with Crippen molar-refractivity contribution in [3.63, 3.8) is 0 Å². The van der Waals surface area contributed by atoms with Crippen molar-refractivity contribution >= 4 is 5.57 Å². The van der Waals surface area contributed by atoms with Gasteiger partial charge in [-0.3, -0.25) is 9.78 Å². The Kier molecular flexibility index (Phi) is 3.53. The summed E-state index contributed by atoms with van der Waals surface area (Å²) in [6.07, 6.45) is 4.79. The molecule has 2 heterocycles. The van der Waals surface area contributed by atoms with Crippen molar-refractivity contribution in [3.8, 4) is 23.7 Å². The number of aromatic amines is 1. The van der Waals surface area contributed by atoms with Gasteiger partial charge in [-0.15, -0.1) is 0 Å². The molecule has 2 aliphatic rings. The molecule has 1 fully saturated rings. The normalized spacial score (nSPS) is 16.2. The summed E-state index contributed by atoms with van der Waals surface area (Å²) in [6.45, 7) is 5.93. The molecule has 21 heavy (non-hydrogen) atoms. The van der Waals surface area contributed by atoms with Gasteiger partial charge < -0.3 is 9.47 Å². The van der Waals surface area contributed by atoms with Crippen LogP contribution in [0.1, 0.15) is 31.7 Å². The molecule has 0 saturated heterocycles. The first-order chi connectivity index (χ1) is 10.2. The standard InChI is InChI=1S/C16H16N2O3/c1-3-12-9-10(2)21-15-13(12)14(19)17-16(18-15)20-8-4-5-11-6-7-11/h9,11H,2-3,6-8H2,1H3,(H,17,18,19). The first-order valence-corrected chi connectivity index (χ1v) is 7.00. The highest BCUT2D eigenvalue weighted by molar-refractivity contribution is 5.72. The van der Waals surface area contributed by atoms with Crippen molar-refractivity contribution in [3.05, 3.63) is 34.3 Å². The zero-order chi connectivity index (χ0) is 14.8. The van der Waals surface area contributed by atoms with E-state index in [1.165, 1.54) is 12.8 Å². The summed E-state index contributed by atoms with van der Waals surface area (Å²) in [6, 6.07) is 0.119. The number of fused-ring (bicyclic) bond motifs is 1. The molecule has 3 rings (SSSR count). The second kappa shape index (κ2) is 5.49. The van der Waals surface area contributed by atoms with Crippen LogP contribution in [-0.2, 0) is 0 Å². The SMILES string of the molecule is C=C1C=C(CC)c2c(nc(OCC#CC3CC3)[nH]c2=O)O1. The van der Waals surface area contributed by atoms with E-state index in [4.69, 9.17) is 9.47 Å². The molecule has 0 unspecified atom stereocenters. The average molecular weight is 284 g/mol. The number of aromatic nitrogens is 2. The molecule has 1 aliphatic heterocycles. The fourth-order valence-electron chi connectivity index (χ4n) is 2.08. The Hall–Kier alpha value is -2.48. The molecule has 0 spiro atoms. The van der Waals surface area contributed by atoms with E-state index in [1.54, 1.807) is 6.08 Å². The second-order valence-electron chi connectivity index (χ2n) is 5.03. The number of allylic oxidation sites excluding steroid dienone is 2. The molecule has 5 nitrogen and oxygen atoms in total. The molecule has 108 valence electrons. The van der Waals surface area contributed by atoms with Gasteiger partial charge in [0, 0.05) is 5.92 Å². The Balaban J connectivity index is 1.82. The highest BCUT2D eigenvalue weighted by atomic mass is 16.5. The van der Waals surface area contributed by atoms with Crippen molar-refractivity contribution in [2.24, 2.45) is 5.92 Å². The maximum atomic E-state index is 12.1. The molecule has 0 radical (unpaired) electrons. The third-order valence-corrected chi connectivity index (χ3v) is 3.29. The lowest BCUT2D eigenvalue weighted by Gasteiger charge is -2.17. The Morgan fingerprint density at radius 2 is 2.38 bits per heavy atom. The molecular weight excluding hydrogens is 268 g/mol. The van der Waals surface area contributed by atoms with Gasteiger partial charge in [0.25, 0.3) is 5.56 Å². The van der Waals surface area contributed by atoms with Crippen LogP contribution in [0.25, 0.3) is 5.57 Å². The first-order valence-electron chi connectivity index (χ1n) is 7.00. The van der Waals surface area contributed by atoms with Gasteiger partial charge in [0.2, 0.25) is 5.88 Å². The number of rotatable bonds is 3. The lowest BCUT2D eigenvalue weighted by atomic mass is 10.0. The number of H-pyrrole nitrogens is 1. The summed E-state index contributed by atoms with van der Waals surface area (Å²) in [7, 11) is 0. The van der Waals surface area contributed by atoms with Gasteiger partial charge in [0.15, 0.2) is 6.61 Å². The quantitative estimate of drug-likeness (QED) is 0.865. The fraction of sp³-hybridized carbons (Fsp3) is 0.375. The van der Waals surface area contributed by atoms with Gasteiger partial charge in [-0.1, -0.05) is 25.3 Å².